The third kappa shape index (κ3) is 7.74. The van der Waals surface area contributed by atoms with E-state index in [0.29, 0.717) is 38.8 Å². The first kappa shape index (κ1) is 30.7. The molecule has 0 aliphatic carbocycles. The molecule has 1 aliphatic heterocycles. The standard InChI is InChI=1S/C31H40N6O5/c32-15-7-6-12-23(33)28(38)35-25(18-21-19-34-24-13-5-4-11-22(21)24)30(40)37-16-8-14-27(37)29(39)36-26(31(41)42)17-20-9-2-1-3-10-20/h1-5,9-11,13,19,23,25-27,34H,6-8,12,14-18,32-33H2,(H,35,38)(H,36,39)(H,41,42). The van der Waals surface area contributed by atoms with Crippen molar-refractivity contribution in [2.75, 3.05) is 13.1 Å². The molecule has 224 valence electrons. The van der Waals surface area contributed by atoms with Crippen molar-refractivity contribution >= 4 is 34.6 Å². The van der Waals surface area contributed by atoms with E-state index in [4.69, 9.17) is 11.5 Å². The Hall–Kier alpha value is -4.22. The third-order valence-electron chi connectivity index (χ3n) is 7.76. The van der Waals surface area contributed by atoms with Gasteiger partial charge in [0.2, 0.25) is 17.7 Å². The van der Waals surface area contributed by atoms with E-state index < -0.39 is 47.9 Å². The second kappa shape index (κ2) is 14.6. The third-order valence-corrected chi connectivity index (χ3v) is 7.76. The van der Waals surface area contributed by atoms with Crippen molar-refractivity contribution in [2.45, 2.75) is 69.1 Å². The van der Waals surface area contributed by atoms with Gasteiger partial charge in [0.25, 0.3) is 0 Å². The second-order valence-corrected chi connectivity index (χ2v) is 10.8. The minimum absolute atomic E-state index is 0.115. The molecule has 1 aliphatic rings. The van der Waals surface area contributed by atoms with Crippen molar-refractivity contribution in [1.29, 1.82) is 0 Å². The molecule has 1 saturated heterocycles. The highest BCUT2D eigenvalue weighted by Gasteiger charge is 2.39. The number of carbonyl (C=O) groups excluding carboxylic acids is 3. The first-order valence-electron chi connectivity index (χ1n) is 14.5. The SMILES string of the molecule is NCCCCC(N)C(=O)NC(Cc1c[nH]c2ccccc12)C(=O)N1CCCC1C(=O)NC(Cc1ccccc1)C(=O)O. The van der Waals surface area contributed by atoms with Crippen LogP contribution >= 0.6 is 0 Å². The van der Waals surface area contributed by atoms with Gasteiger partial charge in [-0.05, 0) is 49.4 Å². The normalized spacial score (nSPS) is 17.0. The predicted molar refractivity (Wildman–Crippen MR) is 159 cm³/mol. The van der Waals surface area contributed by atoms with Crippen molar-refractivity contribution in [3.63, 3.8) is 0 Å². The van der Waals surface area contributed by atoms with Gasteiger partial charge in [0.15, 0.2) is 0 Å². The number of para-hydroxylation sites is 1. The fourth-order valence-corrected chi connectivity index (χ4v) is 5.46. The lowest BCUT2D eigenvalue weighted by atomic mass is 10.0. The number of nitrogens with two attached hydrogens (primary N) is 2. The van der Waals surface area contributed by atoms with Crippen LogP contribution in [0.2, 0.25) is 0 Å². The number of carboxylic acids is 1. The minimum atomic E-state index is -1.16. The molecule has 11 nitrogen and oxygen atoms in total. The number of benzene rings is 2. The molecule has 0 radical (unpaired) electrons. The van der Waals surface area contributed by atoms with Crippen LogP contribution in [-0.2, 0) is 32.0 Å². The van der Waals surface area contributed by atoms with E-state index in [1.54, 1.807) is 24.3 Å². The summed E-state index contributed by atoms with van der Waals surface area (Å²) in [6.07, 6.45) is 4.95. The lowest BCUT2D eigenvalue weighted by Gasteiger charge is -2.30. The number of amides is 3. The van der Waals surface area contributed by atoms with E-state index in [2.05, 4.69) is 15.6 Å². The van der Waals surface area contributed by atoms with Gasteiger partial charge < -0.3 is 37.1 Å². The van der Waals surface area contributed by atoms with Gasteiger partial charge in [-0.1, -0.05) is 55.0 Å². The number of aromatic amines is 1. The average Bonchev–Trinajstić information content (AvgIpc) is 3.64. The van der Waals surface area contributed by atoms with Crippen LogP contribution < -0.4 is 22.1 Å². The van der Waals surface area contributed by atoms with Gasteiger partial charge in [-0.2, -0.15) is 0 Å². The average molecular weight is 577 g/mol. The number of carboxylic acid groups (broad SMARTS) is 1. The number of H-pyrrole nitrogens is 1. The highest BCUT2D eigenvalue weighted by Crippen LogP contribution is 2.23. The van der Waals surface area contributed by atoms with Gasteiger partial charge in [0.1, 0.15) is 18.1 Å². The van der Waals surface area contributed by atoms with Crippen LogP contribution in [0.25, 0.3) is 10.9 Å². The van der Waals surface area contributed by atoms with E-state index in [1.165, 1.54) is 4.90 Å². The van der Waals surface area contributed by atoms with Gasteiger partial charge in [-0.25, -0.2) is 4.79 Å². The van der Waals surface area contributed by atoms with Crippen molar-refractivity contribution in [2.24, 2.45) is 11.5 Å². The summed E-state index contributed by atoms with van der Waals surface area (Å²) in [6, 6.07) is 12.9. The summed E-state index contributed by atoms with van der Waals surface area (Å²) >= 11 is 0. The number of rotatable bonds is 14. The number of hydrogen-bond donors (Lipinski definition) is 6. The Balaban J connectivity index is 1.51. The number of fused-ring (bicyclic) bond motifs is 1. The monoisotopic (exact) mass is 576 g/mol. The quantitative estimate of drug-likeness (QED) is 0.157. The summed E-state index contributed by atoms with van der Waals surface area (Å²) in [6.45, 7) is 0.818. The lowest BCUT2D eigenvalue weighted by Crippen LogP contribution is -2.57. The Labute approximate surface area is 245 Å². The van der Waals surface area contributed by atoms with Gasteiger partial charge >= 0.3 is 5.97 Å². The molecule has 1 aromatic heterocycles. The van der Waals surface area contributed by atoms with Crippen LogP contribution in [-0.4, -0.2) is 75.9 Å². The Morgan fingerprint density at radius 1 is 0.976 bits per heavy atom. The molecule has 4 rings (SSSR count). The number of aliphatic carboxylic acids is 1. The van der Waals surface area contributed by atoms with E-state index in [9.17, 15) is 24.3 Å². The molecule has 0 bridgehead atoms. The van der Waals surface area contributed by atoms with E-state index in [0.717, 1.165) is 28.5 Å². The van der Waals surface area contributed by atoms with Crippen LogP contribution in [0.15, 0.2) is 60.8 Å². The van der Waals surface area contributed by atoms with Gasteiger partial charge in [0, 0.05) is 36.5 Å². The Morgan fingerprint density at radius 3 is 2.45 bits per heavy atom. The first-order chi connectivity index (χ1) is 20.3. The fourth-order valence-electron chi connectivity index (χ4n) is 5.46. The largest absolute Gasteiger partial charge is 0.480 e. The highest BCUT2D eigenvalue weighted by atomic mass is 16.4. The molecule has 4 atom stereocenters. The predicted octanol–water partition coefficient (Wildman–Crippen LogP) is 1.45. The molecule has 0 saturated carbocycles. The molecule has 3 amide bonds. The van der Waals surface area contributed by atoms with Crippen LogP contribution in [0.3, 0.4) is 0 Å². The molecular formula is C31H40N6O5. The number of carbonyl (C=O) groups is 4. The van der Waals surface area contributed by atoms with Crippen LogP contribution in [0, 0.1) is 0 Å². The zero-order valence-electron chi connectivity index (χ0n) is 23.6. The maximum atomic E-state index is 14.0. The number of nitrogens with one attached hydrogen (secondary N) is 3. The Morgan fingerprint density at radius 2 is 1.71 bits per heavy atom. The van der Waals surface area contributed by atoms with Gasteiger partial charge in [0.05, 0.1) is 6.04 Å². The maximum absolute atomic E-state index is 14.0. The molecule has 0 spiro atoms. The fraction of sp³-hybridized carbons (Fsp3) is 0.419. The maximum Gasteiger partial charge on any atom is 0.326 e. The second-order valence-electron chi connectivity index (χ2n) is 10.8. The molecule has 8 N–H and O–H groups in total. The Kier molecular flexibility index (Phi) is 10.7. The number of likely N-dealkylation sites (tertiary alicyclic amines) is 1. The lowest BCUT2D eigenvalue weighted by molar-refractivity contribution is -0.144. The number of aromatic nitrogens is 1. The summed E-state index contributed by atoms with van der Waals surface area (Å²) in [7, 11) is 0. The molecule has 11 heteroatoms. The number of hydrogen-bond acceptors (Lipinski definition) is 6. The summed E-state index contributed by atoms with van der Waals surface area (Å²) in [4.78, 5) is 57.1. The number of unbranched alkanes of at least 4 members (excludes halogenated alkanes) is 1. The topological polar surface area (TPSA) is 184 Å². The molecule has 3 aromatic rings. The summed E-state index contributed by atoms with van der Waals surface area (Å²) < 4.78 is 0. The minimum Gasteiger partial charge on any atom is -0.480 e. The zero-order chi connectivity index (χ0) is 30.1. The molecular weight excluding hydrogens is 536 g/mol. The van der Waals surface area contributed by atoms with Gasteiger partial charge in [-0.15, -0.1) is 0 Å². The Bertz CT molecular complexity index is 1380. The molecule has 4 unspecified atom stereocenters. The summed E-state index contributed by atoms with van der Waals surface area (Å²) in [5.74, 6) is -2.54. The van der Waals surface area contributed by atoms with Crippen molar-refractivity contribution < 1.29 is 24.3 Å². The molecule has 2 heterocycles. The van der Waals surface area contributed by atoms with E-state index in [1.807, 2.05) is 36.5 Å². The summed E-state index contributed by atoms with van der Waals surface area (Å²) in [5, 5.41) is 16.2. The van der Waals surface area contributed by atoms with Crippen LogP contribution in [0.5, 0.6) is 0 Å². The van der Waals surface area contributed by atoms with Crippen molar-refractivity contribution in [1.82, 2.24) is 20.5 Å². The van der Waals surface area contributed by atoms with Crippen LogP contribution in [0.4, 0.5) is 0 Å². The van der Waals surface area contributed by atoms with Gasteiger partial charge in [-0.3, -0.25) is 14.4 Å². The van der Waals surface area contributed by atoms with E-state index in [-0.39, 0.29) is 12.8 Å². The highest BCUT2D eigenvalue weighted by molar-refractivity contribution is 5.95. The van der Waals surface area contributed by atoms with Crippen LogP contribution in [0.1, 0.15) is 43.2 Å². The smallest absolute Gasteiger partial charge is 0.326 e. The first-order valence-corrected chi connectivity index (χ1v) is 14.5. The molecule has 1 fully saturated rings. The van der Waals surface area contributed by atoms with Crippen molar-refractivity contribution in [3.8, 4) is 0 Å². The molecule has 42 heavy (non-hydrogen) atoms. The molecule has 2 aromatic carbocycles. The number of nitrogens with zero attached hydrogens (tertiary/aromatic N) is 1. The van der Waals surface area contributed by atoms with E-state index >= 15 is 0 Å². The zero-order valence-corrected chi connectivity index (χ0v) is 23.6. The summed E-state index contributed by atoms with van der Waals surface area (Å²) in [5.41, 5.74) is 14.2. The van der Waals surface area contributed by atoms with Crippen molar-refractivity contribution in [3.05, 3.63) is 71.9 Å².